The topological polar surface area (TPSA) is 30.3 Å². The molecule has 0 bridgehead atoms. The molecule has 0 amide bonds. The number of ether oxygens (including phenoxy) is 1. The Balaban J connectivity index is 1.92. The molecule has 0 spiro atoms. The zero-order valence-corrected chi connectivity index (χ0v) is 10.5. The lowest BCUT2D eigenvalue weighted by molar-refractivity contribution is -0.954. The third-order valence-electron chi connectivity index (χ3n) is 4.16. The Labute approximate surface area is 103 Å². The van der Waals surface area contributed by atoms with E-state index < -0.39 is 0 Å². The Morgan fingerprint density at radius 2 is 2.12 bits per heavy atom. The molecule has 2 aliphatic heterocycles. The number of rotatable bonds is 1. The van der Waals surface area contributed by atoms with Crippen molar-refractivity contribution in [2.45, 2.75) is 19.5 Å². The van der Waals surface area contributed by atoms with Gasteiger partial charge in [-0.05, 0) is 12.5 Å². The number of benzene rings is 1. The van der Waals surface area contributed by atoms with Crippen LogP contribution in [0.4, 0.5) is 0 Å². The zero-order valence-electron chi connectivity index (χ0n) is 10.5. The highest BCUT2D eigenvalue weighted by molar-refractivity contribution is 5.36. The molecule has 1 aromatic carbocycles. The zero-order chi connectivity index (χ0) is 11.7. The summed E-state index contributed by atoms with van der Waals surface area (Å²) < 4.78 is 5.48. The van der Waals surface area contributed by atoms with Crippen LogP contribution in [-0.2, 0) is 11.3 Å². The third-order valence-corrected chi connectivity index (χ3v) is 4.16. The second kappa shape index (κ2) is 4.77. The van der Waals surface area contributed by atoms with Crippen LogP contribution in [0.15, 0.2) is 18.2 Å². The van der Waals surface area contributed by atoms with Crippen LogP contribution >= 0.6 is 0 Å². The van der Waals surface area contributed by atoms with Gasteiger partial charge >= 0.3 is 0 Å². The molecule has 0 radical (unpaired) electrons. The standard InChI is InChI=1S/C14H20N2O/c1-11-3-2-4-12-9-15-10-13(14(11)12)16-5-7-17-8-6-16/h2-4,13,15H,5-10H2,1H3/p+2/t13-/m0/s1. The second-order valence-corrected chi connectivity index (χ2v) is 5.20. The fourth-order valence-electron chi connectivity index (χ4n) is 3.29. The van der Waals surface area contributed by atoms with Crippen LogP contribution in [-0.4, -0.2) is 32.8 Å². The van der Waals surface area contributed by atoms with Crippen molar-refractivity contribution in [3.8, 4) is 0 Å². The molecule has 0 unspecified atom stereocenters. The van der Waals surface area contributed by atoms with Crippen molar-refractivity contribution in [1.29, 1.82) is 0 Å². The fraction of sp³-hybridized carbons (Fsp3) is 0.571. The molecule has 3 rings (SSSR count). The molecule has 1 saturated heterocycles. The highest BCUT2D eigenvalue weighted by atomic mass is 16.5. The van der Waals surface area contributed by atoms with E-state index in [0.717, 1.165) is 32.8 Å². The van der Waals surface area contributed by atoms with Gasteiger partial charge in [0.15, 0.2) is 6.04 Å². The van der Waals surface area contributed by atoms with Crippen LogP contribution in [0.25, 0.3) is 0 Å². The van der Waals surface area contributed by atoms with Gasteiger partial charge in [0.25, 0.3) is 0 Å². The molecule has 1 fully saturated rings. The quantitative estimate of drug-likeness (QED) is 0.643. The summed E-state index contributed by atoms with van der Waals surface area (Å²) in [5.74, 6) is 0. The number of quaternary nitrogens is 2. The minimum absolute atomic E-state index is 0.670. The number of nitrogens with two attached hydrogens (primary N) is 1. The summed E-state index contributed by atoms with van der Waals surface area (Å²) >= 11 is 0. The number of aryl methyl sites for hydroxylation is 1. The molecule has 92 valence electrons. The molecule has 0 aliphatic carbocycles. The highest BCUT2D eigenvalue weighted by Crippen LogP contribution is 2.21. The van der Waals surface area contributed by atoms with E-state index in [4.69, 9.17) is 4.74 Å². The van der Waals surface area contributed by atoms with Crippen LogP contribution in [0.3, 0.4) is 0 Å². The van der Waals surface area contributed by atoms with Gasteiger partial charge < -0.3 is 15.0 Å². The van der Waals surface area contributed by atoms with E-state index in [2.05, 4.69) is 30.4 Å². The van der Waals surface area contributed by atoms with Gasteiger partial charge in [-0.1, -0.05) is 18.2 Å². The SMILES string of the molecule is Cc1cccc2c1[C@@H]([NH+]1CCOCC1)C[NH2+]C2. The molecular formula is C14H22N2O+2. The van der Waals surface area contributed by atoms with Crippen molar-refractivity contribution in [2.75, 3.05) is 32.8 Å². The maximum Gasteiger partial charge on any atom is 0.163 e. The van der Waals surface area contributed by atoms with Gasteiger partial charge in [-0.3, -0.25) is 0 Å². The fourth-order valence-corrected chi connectivity index (χ4v) is 3.29. The average molecular weight is 234 g/mol. The normalized spacial score (nSPS) is 25.6. The molecule has 1 aromatic rings. The van der Waals surface area contributed by atoms with Gasteiger partial charge in [-0.25, -0.2) is 0 Å². The summed E-state index contributed by atoms with van der Waals surface area (Å²) in [6, 6.07) is 7.42. The number of nitrogens with one attached hydrogen (secondary N) is 1. The molecule has 0 saturated carbocycles. The molecule has 3 nitrogen and oxygen atoms in total. The number of morpholine rings is 1. The second-order valence-electron chi connectivity index (χ2n) is 5.20. The summed E-state index contributed by atoms with van der Waals surface area (Å²) in [7, 11) is 0. The monoisotopic (exact) mass is 234 g/mol. The average Bonchev–Trinajstić information content (AvgIpc) is 2.39. The molecule has 2 aliphatic rings. The number of hydrogen-bond donors (Lipinski definition) is 2. The van der Waals surface area contributed by atoms with E-state index in [1.165, 1.54) is 12.1 Å². The minimum Gasteiger partial charge on any atom is -0.370 e. The Bertz CT molecular complexity index is 399. The van der Waals surface area contributed by atoms with Crippen LogP contribution in [0.2, 0.25) is 0 Å². The first-order valence-corrected chi connectivity index (χ1v) is 6.68. The van der Waals surface area contributed by atoms with Crippen LogP contribution in [0.5, 0.6) is 0 Å². The first kappa shape index (κ1) is 11.2. The molecule has 17 heavy (non-hydrogen) atoms. The first-order chi connectivity index (χ1) is 8.36. The Morgan fingerprint density at radius 3 is 2.94 bits per heavy atom. The van der Waals surface area contributed by atoms with E-state index in [1.807, 2.05) is 0 Å². The molecule has 3 N–H and O–H groups in total. The summed E-state index contributed by atoms with van der Waals surface area (Å²) in [4.78, 5) is 1.71. The van der Waals surface area contributed by atoms with Crippen LogP contribution < -0.4 is 10.2 Å². The predicted molar refractivity (Wildman–Crippen MR) is 65.9 cm³/mol. The first-order valence-electron chi connectivity index (χ1n) is 6.68. The largest absolute Gasteiger partial charge is 0.370 e. The minimum atomic E-state index is 0.670. The lowest BCUT2D eigenvalue weighted by Gasteiger charge is -2.34. The highest BCUT2D eigenvalue weighted by Gasteiger charge is 2.33. The van der Waals surface area contributed by atoms with Gasteiger partial charge in [0.05, 0.1) is 13.2 Å². The van der Waals surface area contributed by atoms with Crippen molar-refractivity contribution in [2.24, 2.45) is 0 Å². The lowest BCUT2D eigenvalue weighted by Crippen LogP contribution is -3.17. The van der Waals surface area contributed by atoms with E-state index in [9.17, 15) is 0 Å². The smallest absolute Gasteiger partial charge is 0.163 e. The van der Waals surface area contributed by atoms with Crippen molar-refractivity contribution in [3.63, 3.8) is 0 Å². The maximum atomic E-state index is 5.48. The number of fused-ring (bicyclic) bond motifs is 1. The number of hydrogen-bond acceptors (Lipinski definition) is 1. The summed E-state index contributed by atoms with van der Waals surface area (Å²) in [6.45, 7) is 8.81. The third kappa shape index (κ3) is 2.10. The van der Waals surface area contributed by atoms with Gasteiger partial charge in [0.1, 0.15) is 26.2 Å². The van der Waals surface area contributed by atoms with Gasteiger partial charge in [0.2, 0.25) is 0 Å². The van der Waals surface area contributed by atoms with E-state index in [1.54, 1.807) is 16.0 Å². The molecule has 2 heterocycles. The van der Waals surface area contributed by atoms with Crippen LogP contribution in [0.1, 0.15) is 22.7 Å². The summed E-state index contributed by atoms with van der Waals surface area (Å²) in [5, 5.41) is 2.45. The van der Waals surface area contributed by atoms with E-state index in [0.29, 0.717) is 6.04 Å². The predicted octanol–water partition coefficient (Wildman–Crippen LogP) is -0.972. The summed E-state index contributed by atoms with van der Waals surface area (Å²) in [6.07, 6.45) is 0. The van der Waals surface area contributed by atoms with Crippen molar-refractivity contribution in [3.05, 3.63) is 34.9 Å². The lowest BCUT2D eigenvalue weighted by atomic mass is 9.91. The molecular weight excluding hydrogens is 212 g/mol. The Morgan fingerprint density at radius 1 is 1.29 bits per heavy atom. The van der Waals surface area contributed by atoms with Crippen molar-refractivity contribution in [1.82, 2.24) is 0 Å². The molecule has 3 heteroatoms. The van der Waals surface area contributed by atoms with Gasteiger partial charge in [0, 0.05) is 11.1 Å². The maximum absolute atomic E-state index is 5.48. The van der Waals surface area contributed by atoms with Gasteiger partial charge in [-0.15, -0.1) is 0 Å². The van der Waals surface area contributed by atoms with E-state index in [-0.39, 0.29) is 0 Å². The van der Waals surface area contributed by atoms with Crippen molar-refractivity contribution < 1.29 is 15.0 Å². The van der Waals surface area contributed by atoms with Gasteiger partial charge in [-0.2, -0.15) is 0 Å². The Kier molecular flexibility index (Phi) is 3.14. The van der Waals surface area contributed by atoms with E-state index >= 15 is 0 Å². The molecule has 0 aromatic heterocycles. The molecule has 1 atom stereocenters. The van der Waals surface area contributed by atoms with Crippen LogP contribution in [0, 0.1) is 6.92 Å². The van der Waals surface area contributed by atoms with Crippen molar-refractivity contribution >= 4 is 0 Å². The summed E-state index contributed by atoms with van der Waals surface area (Å²) in [5.41, 5.74) is 4.63. The Hall–Kier alpha value is -0.900.